The van der Waals surface area contributed by atoms with Crippen LogP contribution in [-0.2, 0) is 0 Å². The zero-order valence-corrected chi connectivity index (χ0v) is 7.26. The molecule has 0 aromatic carbocycles. The van der Waals surface area contributed by atoms with Crippen molar-refractivity contribution in [2.24, 2.45) is 0 Å². The third-order valence-electron chi connectivity index (χ3n) is 1.30. The standard InChI is InChI=1S/C8H9FN2S/c9-6-4-7(10)8(11-5-6)2-1-3-12/h1-2,4-5,12H,3,10H2. The van der Waals surface area contributed by atoms with Gasteiger partial charge in [0, 0.05) is 11.8 Å². The highest BCUT2D eigenvalue weighted by molar-refractivity contribution is 7.80. The number of nitrogens with two attached hydrogens (primary N) is 1. The molecule has 1 rings (SSSR count). The van der Waals surface area contributed by atoms with Gasteiger partial charge in [0.25, 0.3) is 0 Å². The van der Waals surface area contributed by atoms with Crippen molar-refractivity contribution in [2.45, 2.75) is 0 Å². The molecule has 0 saturated heterocycles. The molecule has 0 saturated carbocycles. The second-order valence-corrected chi connectivity index (χ2v) is 2.58. The molecular formula is C8H9FN2S. The summed E-state index contributed by atoms with van der Waals surface area (Å²) in [4.78, 5) is 3.79. The minimum atomic E-state index is -0.421. The van der Waals surface area contributed by atoms with Gasteiger partial charge in [-0.05, 0) is 6.08 Å². The number of hydrogen-bond acceptors (Lipinski definition) is 3. The Kier molecular flexibility index (Phi) is 3.10. The molecule has 12 heavy (non-hydrogen) atoms. The molecule has 0 amide bonds. The van der Waals surface area contributed by atoms with E-state index in [0.717, 1.165) is 6.20 Å². The van der Waals surface area contributed by atoms with Crippen LogP contribution in [0.5, 0.6) is 0 Å². The SMILES string of the molecule is Nc1cc(F)cnc1C=CCS. The Hall–Kier alpha value is -1.03. The first kappa shape index (κ1) is 9.06. The number of anilines is 1. The summed E-state index contributed by atoms with van der Waals surface area (Å²) in [6.07, 6.45) is 4.63. The van der Waals surface area contributed by atoms with Crippen LogP contribution in [0.3, 0.4) is 0 Å². The second-order valence-electron chi connectivity index (χ2n) is 2.21. The molecular weight excluding hydrogens is 175 g/mol. The van der Waals surface area contributed by atoms with Crippen LogP contribution in [0.1, 0.15) is 5.69 Å². The fraction of sp³-hybridized carbons (Fsp3) is 0.125. The maximum Gasteiger partial charge on any atom is 0.143 e. The van der Waals surface area contributed by atoms with E-state index in [4.69, 9.17) is 5.73 Å². The minimum Gasteiger partial charge on any atom is -0.397 e. The van der Waals surface area contributed by atoms with E-state index in [2.05, 4.69) is 17.6 Å². The second kappa shape index (κ2) is 4.11. The minimum absolute atomic E-state index is 0.341. The fourth-order valence-electron chi connectivity index (χ4n) is 0.769. The van der Waals surface area contributed by atoms with E-state index < -0.39 is 5.82 Å². The van der Waals surface area contributed by atoms with Crippen LogP contribution in [-0.4, -0.2) is 10.7 Å². The van der Waals surface area contributed by atoms with Crippen molar-refractivity contribution in [2.75, 3.05) is 11.5 Å². The molecule has 1 aromatic heterocycles. The molecule has 1 aromatic rings. The molecule has 2 nitrogen and oxygen atoms in total. The number of pyridine rings is 1. The lowest BCUT2D eigenvalue weighted by Gasteiger charge is -1.97. The summed E-state index contributed by atoms with van der Waals surface area (Å²) < 4.78 is 12.5. The van der Waals surface area contributed by atoms with Gasteiger partial charge in [0.15, 0.2) is 0 Å². The van der Waals surface area contributed by atoms with Gasteiger partial charge in [-0.2, -0.15) is 12.6 Å². The number of aromatic nitrogens is 1. The summed E-state index contributed by atoms with van der Waals surface area (Å²) in [6.45, 7) is 0. The number of nitrogens with zero attached hydrogens (tertiary/aromatic N) is 1. The molecule has 0 aliphatic heterocycles. The highest BCUT2D eigenvalue weighted by Crippen LogP contribution is 2.11. The molecule has 4 heteroatoms. The Bertz CT molecular complexity index is 299. The first-order valence-corrected chi connectivity index (χ1v) is 4.05. The van der Waals surface area contributed by atoms with E-state index >= 15 is 0 Å². The lowest BCUT2D eigenvalue weighted by molar-refractivity contribution is 0.622. The first-order valence-electron chi connectivity index (χ1n) is 3.42. The van der Waals surface area contributed by atoms with E-state index in [1.54, 1.807) is 12.2 Å². The van der Waals surface area contributed by atoms with Crippen LogP contribution >= 0.6 is 12.6 Å². The number of thiol groups is 1. The molecule has 0 aliphatic carbocycles. The quantitative estimate of drug-likeness (QED) is 0.687. The van der Waals surface area contributed by atoms with Gasteiger partial charge in [0.2, 0.25) is 0 Å². The molecule has 2 N–H and O–H groups in total. The number of nitrogen functional groups attached to an aromatic ring is 1. The fourth-order valence-corrected chi connectivity index (χ4v) is 0.875. The number of halogens is 1. The van der Waals surface area contributed by atoms with Crippen LogP contribution in [0.4, 0.5) is 10.1 Å². The van der Waals surface area contributed by atoms with Crippen molar-refractivity contribution in [1.29, 1.82) is 0 Å². The summed E-state index contributed by atoms with van der Waals surface area (Å²) in [7, 11) is 0. The van der Waals surface area contributed by atoms with Gasteiger partial charge in [0.05, 0.1) is 17.6 Å². The van der Waals surface area contributed by atoms with E-state index in [9.17, 15) is 4.39 Å². The van der Waals surface area contributed by atoms with Gasteiger partial charge >= 0.3 is 0 Å². The topological polar surface area (TPSA) is 38.9 Å². The van der Waals surface area contributed by atoms with E-state index in [1.165, 1.54) is 6.07 Å². The maximum atomic E-state index is 12.5. The number of rotatable bonds is 2. The molecule has 1 heterocycles. The highest BCUT2D eigenvalue weighted by Gasteiger charge is 1.97. The average Bonchev–Trinajstić information content (AvgIpc) is 2.03. The smallest absolute Gasteiger partial charge is 0.143 e. The Balaban J connectivity index is 2.94. The molecule has 0 radical (unpaired) electrons. The Morgan fingerprint density at radius 1 is 1.67 bits per heavy atom. The van der Waals surface area contributed by atoms with Crippen molar-refractivity contribution >= 4 is 24.4 Å². The van der Waals surface area contributed by atoms with Crippen molar-refractivity contribution < 1.29 is 4.39 Å². The van der Waals surface area contributed by atoms with Gasteiger partial charge in [-0.1, -0.05) is 6.08 Å². The van der Waals surface area contributed by atoms with Crippen LogP contribution in [0.2, 0.25) is 0 Å². The van der Waals surface area contributed by atoms with Crippen molar-refractivity contribution in [3.8, 4) is 0 Å². The van der Waals surface area contributed by atoms with Crippen molar-refractivity contribution in [3.05, 3.63) is 29.9 Å². The van der Waals surface area contributed by atoms with Crippen molar-refractivity contribution in [3.63, 3.8) is 0 Å². The largest absolute Gasteiger partial charge is 0.397 e. The average molecular weight is 184 g/mol. The van der Waals surface area contributed by atoms with Gasteiger partial charge in [-0.15, -0.1) is 0 Å². The van der Waals surface area contributed by atoms with E-state index in [0.29, 0.717) is 17.1 Å². The lowest BCUT2D eigenvalue weighted by atomic mass is 10.3. The summed E-state index contributed by atoms with van der Waals surface area (Å²) in [5.74, 6) is 0.189. The Morgan fingerprint density at radius 2 is 2.42 bits per heavy atom. The molecule has 64 valence electrons. The van der Waals surface area contributed by atoms with Gasteiger partial charge in [-0.3, -0.25) is 4.98 Å². The molecule has 0 unspecified atom stereocenters. The normalized spacial score (nSPS) is 10.8. The highest BCUT2D eigenvalue weighted by atomic mass is 32.1. The maximum absolute atomic E-state index is 12.5. The lowest BCUT2D eigenvalue weighted by Crippen LogP contribution is -1.93. The zero-order chi connectivity index (χ0) is 8.97. The van der Waals surface area contributed by atoms with Gasteiger partial charge in [0.1, 0.15) is 5.82 Å². The predicted molar refractivity (Wildman–Crippen MR) is 51.5 cm³/mol. The third kappa shape index (κ3) is 2.23. The monoisotopic (exact) mass is 184 g/mol. The Morgan fingerprint density at radius 3 is 3.00 bits per heavy atom. The summed E-state index contributed by atoms with van der Waals surface area (Å²) in [6, 6.07) is 1.24. The Labute approximate surface area is 75.7 Å². The van der Waals surface area contributed by atoms with E-state index in [-0.39, 0.29) is 0 Å². The van der Waals surface area contributed by atoms with Gasteiger partial charge < -0.3 is 5.73 Å². The van der Waals surface area contributed by atoms with Crippen LogP contribution < -0.4 is 5.73 Å². The molecule has 0 atom stereocenters. The van der Waals surface area contributed by atoms with Crippen LogP contribution in [0, 0.1) is 5.82 Å². The summed E-state index contributed by atoms with van der Waals surface area (Å²) in [5.41, 5.74) is 6.40. The van der Waals surface area contributed by atoms with Gasteiger partial charge in [-0.25, -0.2) is 4.39 Å². The molecule has 0 spiro atoms. The molecule has 0 fully saturated rings. The third-order valence-corrected chi connectivity index (χ3v) is 1.51. The molecule has 0 aliphatic rings. The predicted octanol–water partition coefficient (Wildman–Crippen LogP) is 1.75. The first-order chi connectivity index (χ1) is 5.74. The van der Waals surface area contributed by atoms with Crippen molar-refractivity contribution in [1.82, 2.24) is 4.98 Å². The summed E-state index contributed by atoms with van der Waals surface area (Å²) >= 11 is 3.98. The zero-order valence-electron chi connectivity index (χ0n) is 6.37. The molecule has 0 bridgehead atoms. The van der Waals surface area contributed by atoms with Crippen LogP contribution in [0.15, 0.2) is 18.3 Å². The van der Waals surface area contributed by atoms with Crippen LogP contribution in [0.25, 0.3) is 6.08 Å². The van der Waals surface area contributed by atoms with E-state index in [1.807, 2.05) is 0 Å². The number of hydrogen-bond donors (Lipinski definition) is 2. The summed E-state index contributed by atoms with van der Waals surface area (Å²) in [5, 5.41) is 0.